The van der Waals surface area contributed by atoms with Gasteiger partial charge >= 0.3 is 0 Å². The van der Waals surface area contributed by atoms with Crippen LogP contribution in [0, 0.1) is 5.82 Å². The number of sulfonamides is 1. The molecule has 10 heteroatoms. The third kappa shape index (κ3) is 4.37. The molecule has 0 aliphatic carbocycles. The van der Waals surface area contributed by atoms with Crippen molar-refractivity contribution >= 4 is 33.4 Å². The van der Waals surface area contributed by atoms with E-state index in [0.717, 1.165) is 22.5 Å². The molecule has 2 N–H and O–H groups in total. The Bertz CT molecular complexity index is 946. The lowest BCUT2D eigenvalue weighted by molar-refractivity contribution is 0.0846. The molecule has 0 atom stereocenters. The highest BCUT2D eigenvalue weighted by molar-refractivity contribution is 7.89. The average molecular weight is 400 g/mol. The van der Waals surface area contributed by atoms with E-state index in [1.54, 1.807) is 0 Å². The second kappa shape index (κ2) is 7.81. The van der Waals surface area contributed by atoms with Crippen LogP contribution in [0.2, 0.25) is 5.02 Å². The number of nitrogens with zero attached hydrogens (tertiary/aromatic N) is 1. The van der Waals surface area contributed by atoms with Crippen molar-refractivity contribution in [1.29, 1.82) is 0 Å². The van der Waals surface area contributed by atoms with Crippen LogP contribution in [0.25, 0.3) is 0 Å². The molecular weight excluding hydrogens is 385 g/mol. The normalized spacial score (nSPS) is 11.3. The molecule has 26 heavy (non-hydrogen) atoms. The van der Waals surface area contributed by atoms with Crippen molar-refractivity contribution in [1.82, 2.24) is 15.2 Å². The average Bonchev–Trinajstić information content (AvgIpc) is 2.60. The van der Waals surface area contributed by atoms with Crippen LogP contribution in [0.3, 0.4) is 0 Å². The van der Waals surface area contributed by atoms with E-state index in [1.165, 1.54) is 38.4 Å². The van der Waals surface area contributed by atoms with Crippen LogP contribution >= 0.6 is 11.6 Å². The third-order valence-electron chi connectivity index (χ3n) is 3.36. The first-order valence-corrected chi connectivity index (χ1v) is 9.03. The molecule has 0 radical (unpaired) electrons. The predicted molar refractivity (Wildman–Crippen MR) is 93.7 cm³/mol. The lowest BCUT2D eigenvalue weighted by Gasteiger charge is -2.13. The van der Waals surface area contributed by atoms with E-state index in [2.05, 4.69) is 10.9 Å². The summed E-state index contributed by atoms with van der Waals surface area (Å²) in [4.78, 5) is 24.0. The van der Waals surface area contributed by atoms with Crippen LogP contribution < -0.4 is 10.9 Å². The van der Waals surface area contributed by atoms with Crippen LogP contribution in [-0.4, -0.2) is 38.6 Å². The molecule has 0 spiro atoms. The fraction of sp³-hybridized carbons (Fsp3) is 0.125. The third-order valence-corrected chi connectivity index (χ3v) is 5.50. The molecule has 7 nitrogen and oxygen atoms in total. The van der Waals surface area contributed by atoms with Gasteiger partial charge in [0, 0.05) is 19.7 Å². The molecule has 138 valence electrons. The summed E-state index contributed by atoms with van der Waals surface area (Å²) in [5.74, 6) is -1.98. The number of rotatable bonds is 4. The van der Waals surface area contributed by atoms with Crippen molar-refractivity contribution in [3.05, 3.63) is 64.4 Å². The summed E-state index contributed by atoms with van der Waals surface area (Å²) in [5, 5.41) is 0.0104. The van der Waals surface area contributed by atoms with Gasteiger partial charge in [-0.2, -0.15) is 0 Å². The van der Waals surface area contributed by atoms with E-state index in [-0.39, 0.29) is 21.0 Å². The first-order valence-electron chi connectivity index (χ1n) is 7.21. The van der Waals surface area contributed by atoms with E-state index >= 15 is 0 Å². The second-order valence-corrected chi connectivity index (χ2v) is 7.90. The maximum absolute atomic E-state index is 12.9. The van der Waals surface area contributed by atoms with Crippen LogP contribution in [-0.2, 0) is 10.0 Å². The Kier molecular flexibility index (Phi) is 5.96. The number of halogens is 2. The maximum Gasteiger partial charge on any atom is 0.271 e. The Labute approximate surface area is 154 Å². The monoisotopic (exact) mass is 399 g/mol. The quantitative estimate of drug-likeness (QED) is 0.766. The smallest absolute Gasteiger partial charge is 0.267 e. The molecule has 0 saturated carbocycles. The molecule has 0 aromatic heterocycles. The van der Waals surface area contributed by atoms with Gasteiger partial charge in [0.15, 0.2) is 0 Å². The number of carbonyl (C=O) groups excluding carboxylic acids is 2. The van der Waals surface area contributed by atoms with Crippen molar-refractivity contribution in [2.24, 2.45) is 0 Å². The van der Waals surface area contributed by atoms with E-state index < -0.39 is 27.7 Å². The van der Waals surface area contributed by atoms with Gasteiger partial charge in [-0.15, -0.1) is 0 Å². The zero-order valence-electron chi connectivity index (χ0n) is 13.8. The maximum atomic E-state index is 12.9. The molecule has 0 saturated heterocycles. The van der Waals surface area contributed by atoms with E-state index in [1.807, 2.05) is 0 Å². The summed E-state index contributed by atoms with van der Waals surface area (Å²) >= 11 is 5.95. The molecule has 0 heterocycles. The van der Waals surface area contributed by atoms with Gasteiger partial charge in [0.05, 0.1) is 15.5 Å². The van der Waals surface area contributed by atoms with Crippen LogP contribution in [0.5, 0.6) is 0 Å². The van der Waals surface area contributed by atoms with Gasteiger partial charge in [0.1, 0.15) is 5.82 Å². The number of carbonyl (C=O) groups is 2. The van der Waals surface area contributed by atoms with Crippen molar-refractivity contribution < 1.29 is 22.4 Å². The molecular formula is C16H15ClFN3O4S. The van der Waals surface area contributed by atoms with Gasteiger partial charge in [-0.1, -0.05) is 11.6 Å². The van der Waals surface area contributed by atoms with Crippen LogP contribution in [0.15, 0.2) is 47.4 Å². The molecule has 0 bridgehead atoms. The van der Waals surface area contributed by atoms with Gasteiger partial charge in [0.2, 0.25) is 10.0 Å². The minimum Gasteiger partial charge on any atom is -0.267 e. The highest BCUT2D eigenvalue weighted by atomic mass is 35.5. The fourth-order valence-corrected chi connectivity index (χ4v) is 3.04. The zero-order valence-corrected chi connectivity index (χ0v) is 15.4. The molecule has 0 fully saturated rings. The van der Waals surface area contributed by atoms with Crippen molar-refractivity contribution in [3.63, 3.8) is 0 Å². The zero-order chi connectivity index (χ0) is 19.5. The summed E-state index contributed by atoms with van der Waals surface area (Å²) in [7, 11) is -1.05. The van der Waals surface area contributed by atoms with E-state index in [9.17, 15) is 22.4 Å². The molecule has 0 aliphatic heterocycles. The first-order chi connectivity index (χ1) is 12.1. The van der Waals surface area contributed by atoms with Crippen molar-refractivity contribution in [2.75, 3.05) is 14.1 Å². The van der Waals surface area contributed by atoms with Crippen LogP contribution in [0.1, 0.15) is 20.7 Å². The summed E-state index contributed by atoms with van der Waals surface area (Å²) in [6.45, 7) is 0. The molecule has 0 aliphatic rings. The highest BCUT2D eigenvalue weighted by Gasteiger charge is 2.21. The Morgan fingerprint density at radius 3 is 2.15 bits per heavy atom. The SMILES string of the molecule is CN(C)S(=O)(=O)c1ccc(Cl)c(C(=O)NNC(=O)c2ccc(F)cc2)c1. The largest absolute Gasteiger partial charge is 0.271 e. The molecule has 2 aromatic carbocycles. The van der Waals surface area contributed by atoms with E-state index in [0.29, 0.717) is 0 Å². The second-order valence-electron chi connectivity index (χ2n) is 5.34. The standard InChI is InChI=1S/C16H15ClFN3O4S/c1-21(2)26(24,25)12-7-8-14(17)13(9-12)16(23)20-19-15(22)10-3-5-11(18)6-4-10/h3-9H,1-2H3,(H,19,22)(H,20,23). The number of hydrogen-bond acceptors (Lipinski definition) is 4. The Hall–Kier alpha value is -2.49. The Morgan fingerprint density at radius 1 is 1.00 bits per heavy atom. The van der Waals surface area contributed by atoms with Crippen molar-refractivity contribution in [2.45, 2.75) is 4.90 Å². The molecule has 2 aromatic rings. The molecule has 0 unspecified atom stereocenters. The number of hydrazine groups is 1. The Balaban J connectivity index is 2.17. The van der Waals surface area contributed by atoms with Crippen LogP contribution in [0.4, 0.5) is 4.39 Å². The summed E-state index contributed by atoms with van der Waals surface area (Å²) in [6, 6.07) is 8.34. The summed E-state index contributed by atoms with van der Waals surface area (Å²) < 4.78 is 38.1. The fourth-order valence-electron chi connectivity index (χ4n) is 1.90. The van der Waals surface area contributed by atoms with Gasteiger partial charge in [-0.05, 0) is 42.5 Å². The first kappa shape index (κ1) is 19.8. The molecule has 2 rings (SSSR count). The predicted octanol–water partition coefficient (Wildman–Crippen LogP) is 1.80. The Morgan fingerprint density at radius 2 is 1.58 bits per heavy atom. The minimum absolute atomic E-state index is 0.0104. The number of benzene rings is 2. The van der Waals surface area contributed by atoms with Gasteiger partial charge < -0.3 is 0 Å². The van der Waals surface area contributed by atoms with E-state index in [4.69, 9.17) is 11.6 Å². The van der Waals surface area contributed by atoms with Crippen molar-refractivity contribution in [3.8, 4) is 0 Å². The minimum atomic E-state index is -3.76. The van der Waals surface area contributed by atoms with Gasteiger partial charge in [0.25, 0.3) is 11.8 Å². The number of nitrogens with one attached hydrogen (secondary N) is 2. The highest BCUT2D eigenvalue weighted by Crippen LogP contribution is 2.22. The summed E-state index contributed by atoms with van der Waals surface area (Å²) in [6.07, 6.45) is 0. The summed E-state index contributed by atoms with van der Waals surface area (Å²) in [5.41, 5.74) is 4.28. The van der Waals surface area contributed by atoms with Gasteiger partial charge in [-0.3, -0.25) is 20.4 Å². The van der Waals surface area contributed by atoms with Gasteiger partial charge in [-0.25, -0.2) is 17.1 Å². The lowest BCUT2D eigenvalue weighted by atomic mass is 10.2. The number of hydrogen-bond donors (Lipinski definition) is 2. The number of amides is 2. The topological polar surface area (TPSA) is 95.6 Å². The lowest BCUT2D eigenvalue weighted by Crippen LogP contribution is -2.41. The molecule has 2 amide bonds.